The predicted molar refractivity (Wildman–Crippen MR) is 76.8 cm³/mol. The molecule has 0 aromatic carbocycles. The number of hydrogen-bond acceptors (Lipinski definition) is 4. The molecule has 1 N–H and O–H groups in total. The van der Waals surface area contributed by atoms with Gasteiger partial charge in [0.25, 0.3) is 5.91 Å². The van der Waals surface area contributed by atoms with E-state index in [1.54, 1.807) is 11.1 Å². The number of aromatic nitrogens is 1. The normalized spacial score (nSPS) is 22.6. The summed E-state index contributed by atoms with van der Waals surface area (Å²) in [6.07, 6.45) is 5.96. The van der Waals surface area contributed by atoms with Crippen LogP contribution in [-0.2, 0) is 0 Å². The van der Waals surface area contributed by atoms with Crippen LogP contribution in [0.3, 0.4) is 0 Å². The van der Waals surface area contributed by atoms with Crippen LogP contribution in [0.15, 0.2) is 18.3 Å². The van der Waals surface area contributed by atoms with E-state index >= 15 is 0 Å². The van der Waals surface area contributed by atoms with Crippen LogP contribution in [-0.4, -0.2) is 53.2 Å². The molecule has 1 atom stereocenters. The summed E-state index contributed by atoms with van der Waals surface area (Å²) in [5.74, 6) is 0.946. The van der Waals surface area contributed by atoms with Crippen LogP contribution in [0.5, 0.6) is 0 Å². The van der Waals surface area contributed by atoms with Gasteiger partial charge < -0.3 is 14.9 Å². The minimum Gasteiger partial charge on any atom is -0.394 e. The number of nitrogens with zero attached hydrogens (tertiary/aromatic N) is 3. The van der Waals surface area contributed by atoms with Gasteiger partial charge in [-0.25, -0.2) is 4.98 Å². The van der Waals surface area contributed by atoms with Gasteiger partial charge in [-0.2, -0.15) is 0 Å². The third kappa shape index (κ3) is 2.50. The lowest BCUT2D eigenvalue weighted by atomic mass is 10.2. The molecular formula is C15H21N3O2. The molecule has 1 aromatic rings. The lowest BCUT2D eigenvalue weighted by Crippen LogP contribution is -2.37. The summed E-state index contributed by atoms with van der Waals surface area (Å²) in [5, 5.41) is 9.30. The molecule has 0 saturated carbocycles. The van der Waals surface area contributed by atoms with Gasteiger partial charge >= 0.3 is 0 Å². The van der Waals surface area contributed by atoms with Crippen molar-refractivity contribution in [3.63, 3.8) is 0 Å². The SMILES string of the molecule is O=C(c1ccc(N2CCCC2)nc1)N1CCC[C@@H]1CO. The average molecular weight is 275 g/mol. The highest BCUT2D eigenvalue weighted by Gasteiger charge is 2.29. The molecule has 0 bridgehead atoms. The summed E-state index contributed by atoms with van der Waals surface area (Å²) >= 11 is 0. The number of carbonyl (C=O) groups excluding carboxylic acids is 1. The number of aliphatic hydroxyl groups is 1. The van der Waals surface area contributed by atoms with Crippen LogP contribution in [0.25, 0.3) is 0 Å². The Hall–Kier alpha value is -1.62. The van der Waals surface area contributed by atoms with E-state index in [0.29, 0.717) is 5.56 Å². The minimum absolute atomic E-state index is 0.0120. The molecule has 5 nitrogen and oxygen atoms in total. The van der Waals surface area contributed by atoms with Crippen molar-refractivity contribution in [1.29, 1.82) is 0 Å². The number of anilines is 1. The first-order valence-electron chi connectivity index (χ1n) is 7.42. The van der Waals surface area contributed by atoms with E-state index in [1.165, 1.54) is 12.8 Å². The van der Waals surface area contributed by atoms with Crippen molar-refractivity contribution in [2.24, 2.45) is 0 Å². The fourth-order valence-electron chi connectivity index (χ4n) is 3.10. The van der Waals surface area contributed by atoms with Crippen LogP contribution in [0.1, 0.15) is 36.0 Å². The van der Waals surface area contributed by atoms with E-state index in [-0.39, 0.29) is 18.6 Å². The monoisotopic (exact) mass is 275 g/mol. The van der Waals surface area contributed by atoms with E-state index in [9.17, 15) is 9.90 Å². The fraction of sp³-hybridized carbons (Fsp3) is 0.600. The van der Waals surface area contributed by atoms with Gasteiger partial charge in [-0.05, 0) is 37.8 Å². The molecular weight excluding hydrogens is 254 g/mol. The number of hydrogen-bond donors (Lipinski definition) is 1. The van der Waals surface area contributed by atoms with Gasteiger partial charge in [0.1, 0.15) is 5.82 Å². The molecule has 2 saturated heterocycles. The van der Waals surface area contributed by atoms with Crippen LogP contribution in [0.2, 0.25) is 0 Å². The average Bonchev–Trinajstić information content (AvgIpc) is 3.17. The Kier molecular flexibility index (Phi) is 3.87. The largest absolute Gasteiger partial charge is 0.394 e. The van der Waals surface area contributed by atoms with Crippen molar-refractivity contribution in [3.8, 4) is 0 Å². The first-order valence-corrected chi connectivity index (χ1v) is 7.42. The lowest BCUT2D eigenvalue weighted by Gasteiger charge is -2.23. The Morgan fingerprint density at radius 1 is 1.25 bits per heavy atom. The first-order chi connectivity index (χ1) is 9.79. The molecule has 0 radical (unpaired) electrons. The summed E-state index contributed by atoms with van der Waals surface area (Å²) in [6.45, 7) is 2.89. The molecule has 20 heavy (non-hydrogen) atoms. The summed E-state index contributed by atoms with van der Waals surface area (Å²) in [7, 11) is 0. The Balaban J connectivity index is 1.72. The highest BCUT2D eigenvalue weighted by Crippen LogP contribution is 2.21. The molecule has 3 heterocycles. The number of carbonyl (C=O) groups is 1. The van der Waals surface area contributed by atoms with Gasteiger partial charge in [0, 0.05) is 25.8 Å². The van der Waals surface area contributed by atoms with Gasteiger partial charge in [0.2, 0.25) is 0 Å². The molecule has 1 aromatic heterocycles. The Labute approximate surface area is 119 Å². The maximum Gasteiger partial charge on any atom is 0.255 e. The zero-order valence-electron chi connectivity index (χ0n) is 11.7. The van der Waals surface area contributed by atoms with Crippen LogP contribution < -0.4 is 4.90 Å². The Bertz CT molecular complexity index is 469. The summed E-state index contributed by atoms with van der Waals surface area (Å²) in [6, 6.07) is 3.76. The van der Waals surface area contributed by atoms with Crippen molar-refractivity contribution < 1.29 is 9.90 Å². The number of pyridine rings is 1. The molecule has 2 aliphatic heterocycles. The maximum absolute atomic E-state index is 12.4. The number of likely N-dealkylation sites (tertiary alicyclic amines) is 1. The molecule has 1 amide bonds. The van der Waals surface area contributed by atoms with Crippen LogP contribution in [0.4, 0.5) is 5.82 Å². The van der Waals surface area contributed by atoms with Gasteiger partial charge in [0.15, 0.2) is 0 Å². The topological polar surface area (TPSA) is 56.7 Å². The zero-order valence-corrected chi connectivity index (χ0v) is 11.7. The number of amides is 1. The second-order valence-corrected chi connectivity index (χ2v) is 5.58. The maximum atomic E-state index is 12.4. The molecule has 3 rings (SSSR count). The summed E-state index contributed by atoms with van der Waals surface area (Å²) < 4.78 is 0. The van der Waals surface area contributed by atoms with Crippen molar-refractivity contribution in [1.82, 2.24) is 9.88 Å². The van der Waals surface area contributed by atoms with Crippen molar-refractivity contribution in [2.75, 3.05) is 31.1 Å². The van der Waals surface area contributed by atoms with E-state index in [2.05, 4.69) is 9.88 Å². The van der Waals surface area contributed by atoms with E-state index in [0.717, 1.165) is 38.3 Å². The van der Waals surface area contributed by atoms with Crippen LogP contribution >= 0.6 is 0 Å². The van der Waals surface area contributed by atoms with Gasteiger partial charge in [-0.3, -0.25) is 4.79 Å². The van der Waals surface area contributed by atoms with E-state index < -0.39 is 0 Å². The highest BCUT2D eigenvalue weighted by molar-refractivity contribution is 5.94. The van der Waals surface area contributed by atoms with Gasteiger partial charge in [-0.1, -0.05) is 0 Å². The van der Waals surface area contributed by atoms with Crippen molar-refractivity contribution >= 4 is 11.7 Å². The molecule has 0 aliphatic carbocycles. The Morgan fingerprint density at radius 2 is 2.05 bits per heavy atom. The molecule has 2 fully saturated rings. The molecule has 5 heteroatoms. The quantitative estimate of drug-likeness (QED) is 0.903. The lowest BCUT2D eigenvalue weighted by molar-refractivity contribution is 0.0677. The minimum atomic E-state index is -0.0271. The summed E-state index contributed by atoms with van der Waals surface area (Å²) in [5.41, 5.74) is 0.619. The highest BCUT2D eigenvalue weighted by atomic mass is 16.3. The third-order valence-electron chi connectivity index (χ3n) is 4.27. The second-order valence-electron chi connectivity index (χ2n) is 5.58. The van der Waals surface area contributed by atoms with Gasteiger partial charge in [-0.15, -0.1) is 0 Å². The smallest absolute Gasteiger partial charge is 0.255 e. The predicted octanol–water partition coefficient (Wildman–Crippen LogP) is 1.28. The summed E-state index contributed by atoms with van der Waals surface area (Å²) in [4.78, 5) is 20.9. The molecule has 0 spiro atoms. The fourth-order valence-corrected chi connectivity index (χ4v) is 3.10. The molecule has 108 valence electrons. The number of rotatable bonds is 3. The zero-order chi connectivity index (χ0) is 13.9. The van der Waals surface area contributed by atoms with E-state index in [1.807, 2.05) is 12.1 Å². The first kappa shape index (κ1) is 13.4. The third-order valence-corrected chi connectivity index (χ3v) is 4.27. The Morgan fingerprint density at radius 3 is 2.70 bits per heavy atom. The van der Waals surface area contributed by atoms with Gasteiger partial charge in [0.05, 0.1) is 18.2 Å². The number of aliphatic hydroxyl groups excluding tert-OH is 1. The van der Waals surface area contributed by atoms with Crippen molar-refractivity contribution in [3.05, 3.63) is 23.9 Å². The molecule has 0 unspecified atom stereocenters. The second kappa shape index (κ2) is 5.79. The standard InChI is InChI=1S/C15H21N3O2/c19-11-13-4-3-9-18(13)15(20)12-5-6-14(16-10-12)17-7-1-2-8-17/h5-6,10,13,19H,1-4,7-9,11H2/t13-/m1/s1. The van der Waals surface area contributed by atoms with E-state index in [4.69, 9.17) is 0 Å². The van der Waals surface area contributed by atoms with Crippen molar-refractivity contribution in [2.45, 2.75) is 31.7 Å². The van der Waals surface area contributed by atoms with Crippen LogP contribution in [0, 0.1) is 0 Å². The molecule has 2 aliphatic rings.